The van der Waals surface area contributed by atoms with Crippen LogP contribution in [0, 0.1) is 0 Å². The maximum absolute atomic E-state index is 12.3. The average Bonchev–Trinajstić information content (AvgIpc) is 3.18. The first-order valence-electron chi connectivity index (χ1n) is 6.73. The van der Waals surface area contributed by atoms with Crippen molar-refractivity contribution < 1.29 is 14.3 Å². The standard InChI is InChI=1S/C15H21NO3/c1-3-18-10-11(2)19-14(17)15(8-9-15)12-4-6-13(16)7-5-12/h4-7,11H,3,8-10,16H2,1-2H3. The molecule has 4 heteroatoms. The highest BCUT2D eigenvalue weighted by Crippen LogP contribution is 2.49. The lowest BCUT2D eigenvalue weighted by Crippen LogP contribution is -2.29. The number of hydrogen-bond acceptors (Lipinski definition) is 4. The second-order valence-corrected chi connectivity index (χ2v) is 5.08. The van der Waals surface area contributed by atoms with Crippen molar-refractivity contribution in [1.82, 2.24) is 0 Å². The van der Waals surface area contributed by atoms with Crippen LogP contribution in [0.15, 0.2) is 24.3 Å². The molecule has 1 unspecified atom stereocenters. The van der Waals surface area contributed by atoms with Crippen molar-refractivity contribution in [3.05, 3.63) is 29.8 Å². The molecule has 1 aromatic carbocycles. The molecule has 0 heterocycles. The molecule has 2 N–H and O–H groups in total. The monoisotopic (exact) mass is 263 g/mol. The van der Waals surface area contributed by atoms with Crippen molar-refractivity contribution in [1.29, 1.82) is 0 Å². The van der Waals surface area contributed by atoms with E-state index in [-0.39, 0.29) is 12.1 Å². The number of esters is 1. The van der Waals surface area contributed by atoms with Crippen LogP contribution in [0.25, 0.3) is 0 Å². The van der Waals surface area contributed by atoms with Crippen LogP contribution in [0.2, 0.25) is 0 Å². The van der Waals surface area contributed by atoms with Crippen LogP contribution in [-0.2, 0) is 19.7 Å². The number of anilines is 1. The molecular weight excluding hydrogens is 242 g/mol. The van der Waals surface area contributed by atoms with Gasteiger partial charge in [-0.1, -0.05) is 12.1 Å². The van der Waals surface area contributed by atoms with Crippen LogP contribution >= 0.6 is 0 Å². The Labute approximate surface area is 113 Å². The van der Waals surface area contributed by atoms with Gasteiger partial charge < -0.3 is 15.2 Å². The van der Waals surface area contributed by atoms with Crippen molar-refractivity contribution in [3.63, 3.8) is 0 Å². The third kappa shape index (κ3) is 3.07. The predicted octanol–water partition coefficient (Wildman–Crippen LogP) is 2.27. The number of ether oxygens (including phenoxy) is 2. The lowest BCUT2D eigenvalue weighted by atomic mass is 9.96. The van der Waals surface area contributed by atoms with Crippen molar-refractivity contribution >= 4 is 11.7 Å². The van der Waals surface area contributed by atoms with Crippen molar-refractivity contribution in [2.45, 2.75) is 38.2 Å². The summed E-state index contributed by atoms with van der Waals surface area (Å²) in [6, 6.07) is 7.48. The molecule has 0 bridgehead atoms. The van der Waals surface area contributed by atoms with E-state index in [9.17, 15) is 4.79 Å². The molecule has 1 aromatic rings. The highest BCUT2D eigenvalue weighted by molar-refractivity contribution is 5.86. The molecule has 0 spiro atoms. The summed E-state index contributed by atoms with van der Waals surface area (Å²) in [4.78, 5) is 12.3. The largest absolute Gasteiger partial charge is 0.460 e. The van der Waals surface area contributed by atoms with Crippen LogP contribution < -0.4 is 5.73 Å². The van der Waals surface area contributed by atoms with Gasteiger partial charge in [-0.25, -0.2) is 0 Å². The van der Waals surface area contributed by atoms with E-state index >= 15 is 0 Å². The van der Waals surface area contributed by atoms with E-state index in [1.165, 1.54) is 0 Å². The molecule has 1 fully saturated rings. The fourth-order valence-corrected chi connectivity index (χ4v) is 2.15. The Hall–Kier alpha value is -1.55. The van der Waals surface area contributed by atoms with E-state index in [4.69, 9.17) is 15.2 Å². The first kappa shape index (κ1) is 13.9. The molecule has 19 heavy (non-hydrogen) atoms. The molecule has 1 atom stereocenters. The molecule has 2 rings (SSSR count). The SMILES string of the molecule is CCOCC(C)OC(=O)C1(c2ccc(N)cc2)CC1. The molecule has 1 saturated carbocycles. The van der Waals surface area contributed by atoms with Gasteiger partial charge in [-0.05, 0) is 44.4 Å². The second-order valence-electron chi connectivity index (χ2n) is 5.08. The average molecular weight is 263 g/mol. The summed E-state index contributed by atoms with van der Waals surface area (Å²) in [6.07, 6.45) is 1.48. The van der Waals surface area contributed by atoms with E-state index < -0.39 is 5.41 Å². The molecular formula is C15H21NO3. The minimum absolute atomic E-state index is 0.149. The quantitative estimate of drug-likeness (QED) is 0.631. The summed E-state index contributed by atoms with van der Waals surface area (Å²) in [5.74, 6) is -0.149. The summed E-state index contributed by atoms with van der Waals surface area (Å²) in [5, 5.41) is 0. The van der Waals surface area contributed by atoms with Crippen LogP contribution in [0.1, 0.15) is 32.3 Å². The lowest BCUT2D eigenvalue weighted by molar-refractivity contribution is -0.154. The van der Waals surface area contributed by atoms with Gasteiger partial charge in [0, 0.05) is 12.3 Å². The van der Waals surface area contributed by atoms with Gasteiger partial charge in [-0.2, -0.15) is 0 Å². The number of benzene rings is 1. The number of rotatable bonds is 6. The van der Waals surface area contributed by atoms with Gasteiger partial charge in [0.1, 0.15) is 6.10 Å². The molecule has 0 saturated heterocycles. The fourth-order valence-electron chi connectivity index (χ4n) is 2.15. The Morgan fingerprint density at radius 1 is 1.37 bits per heavy atom. The van der Waals surface area contributed by atoms with Crippen molar-refractivity contribution in [2.24, 2.45) is 0 Å². The van der Waals surface area contributed by atoms with Gasteiger partial charge in [-0.3, -0.25) is 4.79 Å². The summed E-state index contributed by atoms with van der Waals surface area (Å²) < 4.78 is 10.7. The molecule has 0 aliphatic heterocycles. The van der Waals surface area contributed by atoms with Gasteiger partial charge in [-0.15, -0.1) is 0 Å². The first-order chi connectivity index (χ1) is 9.08. The molecule has 4 nitrogen and oxygen atoms in total. The van der Waals surface area contributed by atoms with Gasteiger partial charge in [0.15, 0.2) is 0 Å². The number of carbonyl (C=O) groups is 1. The highest BCUT2D eigenvalue weighted by Gasteiger charge is 2.53. The zero-order valence-corrected chi connectivity index (χ0v) is 11.5. The third-order valence-corrected chi connectivity index (χ3v) is 3.47. The van der Waals surface area contributed by atoms with E-state index in [2.05, 4.69) is 0 Å². The first-order valence-corrected chi connectivity index (χ1v) is 6.73. The van der Waals surface area contributed by atoms with Crippen LogP contribution in [0.5, 0.6) is 0 Å². The van der Waals surface area contributed by atoms with Gasteiger partial charge in [0.05, 0.1) is 12.0 Å². The molecule has 1 aliphatic carbocycles. The van der Waals surface area contributed by atoms with Gasteiger partial charge >= 0.3 is 5.97 Å². The summed E-state index contributed by atoms with van der Waals surface area (Å²) in [5.41, 5.74) is 6.92. The van der Waals surface area contributed by atoms with E-state index in [1.807, 2.05) is 38.1 Å². The molecule has 1 aliphatic rings. The van der Waals surface area contributed by atoms with E-state index in [0.29, 0.717) is 18.9 Å². The number of nitrogens with two attached hydrogens (primary N) is 1. The number of nitrogen functional groups attached to an aromatic ring is 1. The highest BCUT2D eigenvalue weighted by atomic mass is 16.6. The van der Waals surface area contributed by atoms with Crippen molar-refractivity contribution in [3.8, 4) is 0 Å². The molecule has 0 radical (unpaired) electrons. The Bertz CT molecular complexity index is 437. The Morgan fingerprint density at radius 2 is 2.00 bits per heavy atom. The molecule has 0 aromatic heterocycles. The van der Waals surface area contributed by atoms with Gasteiger partial charge in [0.2, 0.25) is 0 Å². The topological polar surface area (TPSA) is 61.5 Å². The summed E-state index contributed by atoms with van der Waals surface area (Å²) >= 11 is 0. The van der Waals surface area contributed by atoms with Crippen LogP contribution in [0.3, 0.4) is 0 Å². The van der Waals surface area contributed by atoms with Crippen LogP contribution in [0.4, 0.5) is 5.69 Å². The molecule has 0 amide bonds. The van der Waals surface area contributed by atoms with E-state index in [1.54, 1.807) is 0 Å². The van der Waals surface area contributed by atoms with E-state index in [0.717, 1.165) is 18.4 Å². The predicted molar refractivity (Wildman–Crippen MR) is 73.8 cm³/mol. The Morgan fingerprint density at radius 3 is 2.53 bits per heavy atom. The number of carbonyl (C=O) groups excluding carboxylic acids is 1. The minimum atomic E-state index is -0.450. The summed E-state index contributed by atoms with van der Waals surface area (Å²) in [6.45, 7) is 4.85. The van der Waals surface area contributed by atoms with Crippen LogP contribution in [-0.4, -0.2) is 25.3 Å². The van der Waals surface area contributed by atoms with Gasteiger partial charge in [0.25, 0.3) is 0 Å². The third-order valence-electron chi connectivity index (χ3n) is 3.47. The lowest BCUT2D eigenvalue weighted by Gasteiger charge is -2.19. The van der Waals surface area contributed by atoms with Crippen molar-refractivity contribution in [2.75, 3.05) is 18.9 Å². The smallest absolute Gasteiger partial charge is 0.316 e. The maximum Gasteiger partial charge on any atom is 0.316 e. The summed E-state index contributed by atoms with van der Waals surface area (Å²) in [7, 11) is 0. The fraction of sp³-hybridized carbons (Fsp3) is 0.533. The number of hydrogen-bond donors (Lipinski definition) is 1. The second kappa shape index (κ2) is 5.61. The molecule has 104 valence electrons. The Kier molecular flexibility index (Phi) is 4.10. The zero-order chi connectivity index (χ0) is 13.9. The normalized spacial score (nSPS) is 17.8. The maximum atomic E-state index is 12.3. The zero-order valence-electron chi connectivity index (χ0n) is 11.5. The minimum Gasteiger partial charge on any atom is -0.460 e. The Balaban J connectivity index is 2.00.